The minimum atomic E-state index is 0.900. The average molecular weight is 881 g/mol. The Kier molecular flexibility index (Phi) is 9.84. The fourth-order valence-corrected chi connectivity index (χ4v) is 10.3. The number of nitrogens with zero attached hydrogens (tertiary/aromatic N) is 2. The van der Waals surface area contributed by atoms with Crippen LogP contribution in [0.5, 0.6) is 0 Å². The lowest BCUT2D eigenvalue weighted by Gasteiger charge is -2.26. The molecule has 0 bridgehead atoms. The highest BCUT2D eigenvalue weighted by Gasteiger charge is 2.18. The molecule has 13 aromatic rings. The van der Waals surface area contributed by atoms with E-state index in [9.17, 15) is 0 Å². The Hall–Kier alpha value is -9.18. The number of fused-ring (bicyclic) bond motifs is 6. The van der Waals surface area contributed by atoms with Crippen LogP contribution >= 0.6 is 0 Å². The number of anilines is 3. The van der Waals surface area contributed by atoms with Gasteiger partial charge in [-0.1, -0.05) is 194 Å². The zero-order valence-corrected chi connectivity index (χ0v) is 37.7. The Labute approximate surface area is 401 Å². The van der Waals surface area contributed by atoms with Crippen LogP contribution in [-0.4, -0.2) is 4.57 Å². The summed E-state index contributed by atoms with van der Waals surface area (Å²) in [5, 5.41) is 4.77. The van der Waals surface area contributed by atoms with Gasteiger partial charge in [0.05, 0.1) is 16.7 Å². The van der Waals surface area contributed by atoms with Gasteiger partial charge < -0.3 is 13.9 Å². The first-order chi connectivity index (χ1) is 34.2. The molecule has 0 unspecified atom stereocenters. The standard InChI is InChI=1S/C66H44N2O/c1-2-15-45(16-3-1)49-17-12-18-50(43-49)46-31-37-53(38-32-46)67(55-41-35-48(36-42-55)57-25-14-26-61-60-24-7-11-30-65(60)69-66(57)61)54-39-33-47(34-40-54)51-19-13-20-52(44-51)56-21-4-8-27-62(56)68-63-28-9-5-22-58(63)59-23-6-10-29-64(59)68/h1-44H. The molecule has 0 aliphatic heterocycles. The summed E-state index contributed by atoms with van der Waals surface area (Å²) in [6, 6.07) is 96.0. The second kappa shape index (κ2) is 16.9. The molecule has 0 aliphatic carbocycles. The van der Waals surface area contributed by atoms with Crippen LogP contribution < -0.4 is 4.90 Å². The normalized spacial score (nSPS) is 11.5. The van der Waals surface area contributed by atoms with Gasteiger partial charge in [-0.3, -0.25) is 0 Å². The predicted molar refractivity (Wildman–Crippen MR) is 290 cm³/mol. The van der Waals surface area contributed by atoms with Crippen molar-refractivity contribution in [3.63, 3.8) is 0 Å². The van der Waals surface area contributed by atoms with Crippen LogP contribution in [0, 0.1) is 0 Å². The lowest BCUT2D eigenvalue weighted by molar-refractivity contribution is 0.670. The van der Waals surface area contributed by atoms with Crippen molar-refractivity contribution in [1.82, 2.24) is 4.57 Å². The van der Waals surface area contributed by atoms with Crippen molar-refractivity contribution in [2.45, 2.75) is 0 Å². The molecular formula is C66H44N2O. The van der Waals surface area contributed by atoms with Gasteiger partial charge in [0.25, 0.3) is 0 Å². The molecule has 3 nitrogen and oxygen atoms in total. The maximum absolute atomic E-state index is 6.46. The third kappa shape index (κ3) is 7.16. The molecule has 0 saturated heterocycles. The second-order valence-corrected chi connectivity index (χ2v) is 17.7. The second-order valence-electron chi connectivity index (χ2n) is 17.7. The molecule has 0 N–H and O–H groups in total. The summed E-state index contributed by atoms with van der Waals surface area (Å²) in [6.07, 6.45) is 0. The summed E-state index contributed by atoms with van der Waals surface area (Å²) in [7, 11) is 0. The molecule has 0 atom stereocenters. The number of furan rings is 1. The zero-order valence-electron chi connectivity index (χ0n) is 37.7. The highest BCUT2D eigenvalue weighted by Crippen LogP contribution is 2.42. The SMILES string of the molecule is c1ccc(-c2cccc(-c3ccc(N(c4ccc(-c5cccc(-c6ccccc6-n6c7ccccc7c7ccccc76)c5)cc4)c4ccc(-c5cccc6c5oc5ccccc56)cc4)cc3)c2)cc1. The summed E-state index contributed by atoms with van der Waals surface area (Å²) in [5.74, 6) is 0. The van der Waals surface area contributed by atoms with Crippen LogP contribution in [0.15, 0.2) is 271 Å². The topological polar surface area (TPSA) is 21.3 Å². The van der Waals surface area contributed by atoms with Gasteiger partial charge >= 0.3 is 0 Å². The molecule has 2 aromatic heterocycles. The molecule has 0 saturated carbocycles. The zero-order chi connectivity index (χ0) is 45.7. The highest BCUT2D eigenvalue weighted by molar-refractivity contribution is 6.11. The molecule has 0 aliphatic rings. The molecule has 69 heavy (non-hydrogen) atoms. The van der Waals surface area contributed by atoms with Crippen molar-refractivity contribution in [2.75, 3.05) is 4.90 Å². The molecule has 3 heteroatoms. The van der Waals surface area contributed by atoms with E-state index < -0.39 is 0 Å². The van der Waals surface area contributed by atoms with E-state index in [2.05, 4.69) is 264 Å². The monoisotopic (exact) mass is 880 g/mol. The lowest BCUT2D eigenvalue weighted by Crippen LogP contribution is -2.09. The van der Waals surface area contributed by atoms with Crippen molar-refractivity contribution in [3.8, 4) is 61.3 Å². The van der Waals surface area contributed by atoms with Crippen molar-refractivity contribution >= 4 is 60.8 Å². The third-order valence-electron chi connectivity index (χ3n) is 13.6. The van der Waals surface area contributed by atoms with Crippen molar-refractivity contribution in [2.24, 2.45) is 0 Å². The number of hydrogen-bond acceptors (Lipinski definition) is 2. The smallest absolute Gasteiger partial charge is 0.143 e. The van der Waals surface area contributed by atoms with Gasteiger partial charge in [0.15, 0.2) is 0 Å². The van der Waals surface area contributed by atoms with Crippen molar-refractivity contribution < 1.29 is 4.42 Å². The van der Waals surface area contributed by atoms with Gasteiger partial charge in [0.2, 0.25) is 0 Å². The van der Waals surface area contributed by atoms with Crippen LogP contribution in [0.4, 0.5) is 17.1 Å². The molecule has 0 amide bonds. The average Bonchev–Trinajstić information content (AvgIpc) is 3.98. The molecule has 2 heterocycles. The summed E-state index contributed by atoms with van der Waals surface area (Å²) >= 11 is 0. The van der Waals surface area contributed by atoms with Gasteiger partial charge in [0, 0.05) is 49.7 Å². The summed E-state index contributed by atoms with van der Waals surface area (Å²) in [4.78, 5) is 2.35. The number of para-hydroxylation sites is 5. The molecule has 13 rings (SSSR count). The largest absolute Gasteiger partial charge is 0.455 e. The quantitative estimate of drug-likeness (QED) is 0.144. The first kappa shape index (κ1) is 40.1. The van der Waals surface area contributed by atoms with Crippen LogP contribution in [-0.2, 0) is 0 Å². The van der Waals surface area contributed by atoms with E-state index in [-0.39, 0.29) is 0 Å². The van der Waals surface area contributed by atoms with E-state index in [4.69, 9.17) is 4.42 Å². The Balaban J connectivity index is 0.867. The van der Waals surface area contributed by atoms with Crippen molar-refractivity contribution in [1.29, 1.82) is 0 Å². The van der Waals surface area contributed by atoms with Crippen LogP contribution in [0.2, 0.25) is 0 Å². The third-order valence-corrected chi connectivity index (χ3v) is 13.6. The molecule has 11 aromatic carbocycles. The molecule has 0 radical (unpaired) electrons. The molecule has 0 fully saturated rings. The van der Waals surface area contributed by atoms with Crippen LogP contribution in [0.1, 0.15) is 0 Å². The maximum Gasteiger partial charge on any atom is 0.143 e. The Morgan fingerprint density at radius 1 is 0.275 bits per heavy atom. The lowest BCUT2D eigenvalue weighted by atomic mass is 9.97. The number of hydrogen-bond donors (Lipinski definition) is 0. The minimum Gasteiger partial charge on any atom is -0.455 e. The first-order valence-corrected chi connectivity index (χ1v) is 23.6. The maximum atomic E-state index is 6.46. The van der Waals surface area contributed by atoms with E-state index in [1.54, 1.807) is 0 Å². The van der Waals surface area contributed by atoms with E-state index in [1.165, 1.54) is 55.2 Å². The van der Waals surface area contributed by atoms with E-state index in [1.807, 2.05) is 12.1 Å². The Morgan fingerprint density at radius 2 is 0.696 bits per heavy atom. The summed E-state index contributed by atoms with van der Waals surface area (Å²) < 4.78 is 8.87. The Bertz CT molecular complexity index is 3940. The van der Waals surface area contributed by atoms with Gasteiger partial charge in [-0.2, -0.15) is 0 Å². The van der Waals surface area contributed by atoms with E-state index in [0.29, 0.717) is 0 Å². The van der Waals surface area contributed by atoms with E-state index >= 15 is 0 Å². The summed E-state index contributed by atoms with van der Waals surface area (Å²) in [5.41, 5.74) is 20.2. The first-order valence-electron chi connectivity index (χ1n) is 23.6. The number of benzene rings is 11. The van der Waals surface area contributed by atoms with Crippen LogP contribution in [0.25, 0.3) is 105 Å². The highest BCUT2D eigenvalue weighted by atomic mass is 16.3. The van der Waals surface area contributed by atoms with Crippen LogP contribution in [0.3, 0.4) is 0 Å². The fourth-order valence-electron chi connectivity index (χ4n) is 10.3. The van der Waals surface area contributed by atoms with Crippen molar-refractivity contribution in [3.05, 3.63) is 267 Å². The van der Waals surface area contributed by atoms with Gasteiger partial charge in [0.1, 0.15) is 11.2 Å². The Morgan fingerprint density at radius 3 is 1.32 bits per heavy atom. The fraction of sp³-hybridized carbons (Fsp3) is 0. The number of aromatic nitrogens is 1. The molecule has 0 spiro atoms. The van der Waals surface area contributed by atoms with Gasteiger partial charge in [-0.15, -0.1) is 0 Å². The molecular weight excluding hydrogens is 837 g/mol. The number of rotatable bonds is 9. The van der Waals surface area contributed by atoms with Gasteiger partial charge in [-0.25, -0.2) is 0 Å². The van der Waals surface area contributed by atoms with Gasteiger partial charge in [-0.05, 0) is 117 Å². The summed E-state index contributed by atoms with van der Waals surface area (Å²) in [6.45, 7) is 0. The molecule has 324 valence electrons. The predicted octanol–water partition coefficient (Wildman–Crippen LogP) is 18.5. The minimum absolute atomic E-state index is 0.900. The van der Waals surface area contributed by atoms with E-state index in [0.717, 1.165) is 66.9 Å².